The van der Waals surface area contributed by atoms with Gasteiger partial charge in [0.25, 0.3) is 0 Å². The molecular weight excluding hydrogens is 526 g/mol. The minimum atomic E-state index is -0.0641. The van der Waals surface area contributed by atoms with Gasteiger partial charge in [0.05, 0.1) is 22.7 Å². The predicted octanol–water partition coefficient (Wildman–Crippen LogP) is 10.7. The summed E-state index contributed by atoms with van der Waals surface area (Å²) in [4.78, 5) is 9.48. The fourth-order valence-electron chi connectivity index (χ4n) is 5.99. The Balaban J connectivity index is 1.64. The van der Waals surface area contributed by atoms with Crippen LogP contribution < -0.4 is 9.80 Å². The molecular formula is C39H33N3O. The summed E-state index contributed by atoms with van der Waals surface area (Å²) in [7, 11) is 0. The van der Waals surface area contributed by atoms with Crippen LogP contribution in [0.5, 0.6) is 5.75 Å². The number of aromatic nitrogens is 1. The van der Waals surface area contributed by atoms with Crippen LogP contribution in [0.1, 0.15) is 26.3 Å². The molecule has 7 rings (SSSR count). The second kappa shape index (κ2) is 10.5. The molecule has 4 heteroatoms. The maximum atomic E-state index is 11.0. The van der Waals surface area contributed by atoms with Crippen LogP contribution in [0, 0.1) is 0 Å². The van der Waals surface area contributed by atoms with Gasteiger partial charge >= 0.3 is 0 Å². The van der Waals surface area contributed by atoms with Gasteiger partial charge in [-0.05, 0) is 65.6 Å². The van der Waals surface area contributed by atoms with Gasteiger partial charge < -0.3 is 10.0 Å². The van der Waals surface area contributed by atoms with E-state index in [1.54, 1.807) is 6.07 Å². The molecule has 0 atom stereocenters. The average molecular weight is 560 g/mol. The molecule has 1 aliphatic rings. The molecule has 43 heavy (non-hydrogen) atoms. The van der Waals surface area contributed by atoms with Crippen molar-refractivity contribution in [3.05, 3.63) is 145 Å². The zero-order chi connectivity index (χ0) is 29.6. The van der Waals surface area contributed by atoms with Gasteiger partial charge in [-0.2, -0.15) is 0 Å². The summed E-state index contributed by atoms with van der Waals surface area (Å²) >= 11 is 0. The highest BCUT2D eigenvalue weighted by atomic mass is 16.3. The highest BCUT2D eigenvalue weighted by molar-refractivity contribution is 6.02. The van der Waals surface area contributed by atoms with Crippen LogP contribution in [-0.2, 0) is 5.41 Å². The number of para-hydroxylation sites is 4. The van der Waals surface area contributed by atoms with Crippen molar-refractivity contribution in [2.24, 2.45) is 0 Å². The molecule has 2 heterocycles. The summed E-state index contributed by atoms with van der Waals surface area (Å²) in [6.07, 6.45) is 1.89. The molecule has 1 N–H and O–H groups in total. The van der Waals surface area contributed by atoms with Crippen LogP contribution in [0.4, 0.5) is 34.3 Å². The van der Waals surface area contributed by atoms with Crippen molar-refractivity contribution < 1.29 is 5.11 Å². The molecule has 0 aliphatic carbocycles. The van der Waals surface area contributed by atoms with Crippen molar-refractivity contribution in [3.8, 4) is 28.0 Å². The molecule has 1 aromatic heterocycles. The molecule has 4 nitrogen and oxygen atoms in total. The number of phenolic OH excluding ortho intramolecular Hbond substituents is 1. The Labute approximate surface area is 253 Å². The zero-order valence-corrected chi connectivity index (χ0v) is 24.6. The average Bonchev–Trinajstić information content (AvgIpc) is 3.03. The number of rotatable bonds is 2. The van der Waals surface area contributed by atoms with Crippen molar-refractivity contribution in [1.82, 2.24) is 4.98 Å². The van der Waals surface area contributed by atoms with Gasteiger partial charge in [-0.1, -0.05) is 93.6 Å². The van der Waals surface area contributed by atoms with Crippen molar-refractivity contribution in [3.63, 3.8) is 0 Å². The van der Waals surface area contributed by atoms with Crippen LogP contribution in [0.25, 0.3) is 22.3 Å². The van der Waals surface area contributed by atoms with E-state index in [1.807, 2.05) is 24.4 Å². The fourth-order valence-corrected chi connectivity index (χ4v) is 5.99. The molecule has 0 fully saturated rings. The molecule has 210 valence electrons. The number of nitrogens with zero attached hydrogens (tertiary/aromatic N) is 3. The third-order valence-corrected chi connectivity index (χ3v) is 8.09. The van der Waals surface area contributed by atoms with Gasteiger partial charge in [-0.15, -0.1) is 0 Å². The fraction of sp³-hybridized carbons (Fsp3) is 0.103. The molecule has 0 amide bonds. The number of benzene rings is 5. The first-order valence-corrected chi connectivity index (χ1v) is 14.6. The monoisotopic (exact) mass is 559 g/mol. The first-order valence-electron chi connectivity index (χ1n) is 14.6. The first-order chi connectivity index (χ1) is 20.9. The van der Waals surface area contributed by atoms with E-state index in [0.717, 1.165) is 56.5 Å². The van der Waals surface area contributed by atoms with Crippen molar-refractivity contribution >= 4 is 34.3 Å². The van der Waals surface area contributed by atoms with Crippen LogP contribution >= 0.6 is 0 Å². The second-order valence-electron chi connectivity index (χ2n) is 11.9. The lowest BCUT2D eigenvalue weighted by Gasteiger charge is -2.35. The van der Waals surface area contributed by atoms with Gasteiger partial charge in [-0.25, -0.2) is 4.98 Å². The number of fused-ring (bicyclic) bond motifs is 6. The Hall–Kier alpha value is -5.35. The molecule has 0 saturated carbocycles. The SMILES string of the molecule is CC(C)(C)c1ccnc(N2c3ccccc3-c3ccccc3N(c3ccccc3)c3ccccc3-c3ccc(O)cc32)c1. The Morgan fingerprint density at radius 3 is 1.60 bits per heavy atom. The predicted molar refractivity (Wildman–Crippen MR) is 178 cm³/mol. The quantitative estimate of drug-likeness (QED) is 0.229. The van der Waals surface area contributed by atoms with Crippen LogP contribution in [0.2, 0.25) is 0 Å². The number of hydrogen-bond acceptors (Lipinski definition) is 4. The number of aromatic hydroxyl groups is 1. The van der Waals surface area contributed by atoms with Gasteiger partial charge in [0, 0.05) is 40.2 Å². The van der Waals surface area contributed by atoms with E-state index < -0.39 is 0 Å². The highest BCUT2D eigenvalue weighted by Gasteiger charge is 2.29. The standard InChI is InChI=1S/C39H33N3O/c1-39(2,3)27-23-24-40-38(25-27)42-36-20-12-9-16-31(36)30-15-7-10-18-34(30)41(28-13-5-4-6-14-28)35-19-11-8-17-32(35)33-22-21-29(43)26-37(33)42/h4-26,43H,1-3H3. The molecule has 6 aromatic rings. The lowest BCUT2D eigenvalue weighted by atomic mass is 9.87. The largest absolute Gasteiger partial charge is 0.508 e. The molecule has 0 spiro atoms. The summed E-state index contributed by atoms with van der Waals surface area (Å²) in [6.45, 7) is 6.65. The van der Waals surface area contributed by atoms with E-state index >= 15 is 0 Å². The van der Waals surface area contributed by atoms with Crippen molar-refractivity contribution in [2.45, 2.75) is 26.2 Å². The summed E-state index contributed by atoms with van der Waals surface area (Å²) in [6, 6.07) is 46.0. The summed E-state index contributed by atoms with van der Waals surface area (Å²) in [5, 5.41) is 11.0. The lowest BCUT2D eigenvalue weighted by molar-refractivity contribution is 0.475. The summed E-state index contributed by atoms with van der Waals surface area (Å²) in [5.41, 5.74) is 10.3. The van der Waals surface area contributed by atoms with Crippen molar-refractivity contribution in [2.75, 3.05) is 9.80 Å². The third kappa shape index (κ3) is 4.71. The van der Waals surface area contributed by atoms with Crippen LogP contribution in [0.3, 0.4) is 0 Å². The molecule has 1 aliphatic heterocycles. The van der Waals surface area contributed by atoms with Gasteiger partial charge in [0.1, 0.15) is 11.6 Å². The smallest absolute Gasteiger partial charge is 0.137 e. The van der Waals surface area contributed by atoms with E-state index in [0.29, 0.717) is 0 Å². The van der Waals surface area contributed by atoms with Crippen LogP contribution in [0.15, 0.2) is 140 Å². The Kier molecular flexibility index (Phi) is 6.47. The molecule has 5 aromatic carbocycles. The number of hydrogen-bond donors (Lipinski definition) is 1. The van der Waals surface area contributed by atoms with Gasteiger partial charge in [-0.3, -0.25) is 4.90 Å². The normalized spacial score (nSPS) is 12.5. The summed E-state index contributed by atoms with van der Waals surface area (Å²) < 4.78 is 0. The summed E-state index contributed by atoms with van der Waals surface area (Å²) in [5.74, 6) is 0.991. The lowest BCUT2D eigenvalue weighted by Crippen LogP contribution is -2.18. The van der Waals surface area contributed by atoms with E-state index in [9.17, 15) is 5.11 Å². The number of phenols is 1. The highest BCUT2D eigenvalue weighted by Crippen LogP contribution is 2.52. The van der Waals surface area contributed by atoms with E-state index in [4.69, 9.17) is 4.98 Å². The van der Waals surface area contributed by atoms with E-state index in [1.165, 1.54) is 5.56 Å². The van der Waals surface area contributed by atoms with E-state index in [-0.39, 0.29) is 11.2 Å². The number of pyridine rings is 1. The van der Waals surface area contributed by atoms with Gasteiger partial charge in [0.2, 0.25) is 0 Å². The minimum Gasteiger partial charge on any atom is -0.508 e. The maximum absolute atomic E-state index is 11.0. The van der Waals surface area contributed by atoms with E-state index in [2.05, 4.69) is 140 Å². The van der Waals surface area contributed by atoms with Gasteiger partial charge in [0.15, 0.2) is 0 Å². The second-order valence-corrected chi connectivity index (χ2v) is 11.9. The maximum Gasteiger partial charge on any atom is 0.137 e. The minimum absolute atomic E-state index is 0.0641. The Bertz CT molecular complexity index is 1940. The third-order valence-electron chi connectivity index (χ3n) is 8.09. The Morgan fingerprint density at radius 2 is 1.02 bits per heavy atom. The Morgan fingerprint density at radius 1 is 0.512 bits per heavy atom. The molecule has 0 saturated heterocycles. The topological polar surface area (TPSA) is 39.6 Å². The van der Waals surface area contributed by atoms with Crippen LogP contribution in [-0.4, -0.2) is 10.1 Å². The number of anilines is 6. The molecule has 0 bridgehead atoms. The van der Waals surface area contributed by atoms with Crippen molar-refractivity contribution in [1.29, 1.82) is 0 Å². The molecule has 0 unspecified atom stereocenters. The molecule has 0 radical (unpaired) electrons. The first kappa shape index (κ1) is 26.5. The zero-order valence-electron chi connectivity index (χ0n) is 24.6.